The van der Waals surface area contributed by atoms with E-state index in [1.54, 1.807) is 36.1 Å². The second kappa shape index (κ2) is 10.4. The molecule has 1 saturated heterocycles. The minimum Gasteiger partial charge on any atom is -0.434 e. The first kappa shape index (κ1) is 24.8. The second-order valence-electron chi connectivity index (χ2n) is 8.91. The lowest BCUT2D eigenvalue weighted by molar-refractivity contribution is -0.131. The Bertz CT molecular complexity index is 1070. The van der Waals surface area contributed by atoms with E-state index in [9.17, 15) is 19.2 Å². The van der Waals surface area contributed by atoms with Gasteiger partial charge in [0.2, 0.25) is 11.8 Å². The van der Waals surface area contributed by atoms with Gasteiger partial charge in [-0.25, -0.2) is 4.79 Å². The molecule has 1 fully saturated rings. The highest BCUT2D eigenvalue weighted by molar-refractivity contribution is 6.05. The Morgan fingerprint density at radius 1 is 1.03 bits per heavy atom. The number of rotatable bonds is 6. The Labute approximate surface area is 198 Å². The minimum absolute atomic E-state index is 0.0349. The summed E-state index contributed by atoms with van der Waals surface area (Å²) in [6.07, 6.45) is -0.637. The smallest absolute Gasteiger partial charge is 0.434 e. The van der Waals surface area contributed by atoms with E-state index in [1.807, 2.05) is 20.8 Å². The number of anilines is 2. The molecule has 0 aromatic heterocycles. The standard InChI is InChI=1S/C25H29N3O6/c1-5-33-24(32)34-20-11-9-16(10-12-20)22(30)26-18-7-6-8-19(14-18)27-23(31)17-13-21(29)28(15-17)25(2,3)4/h6-12,14,17H,5,13,15H2,1-4H3,(H,26,30)(H,27,31). The number of ether oxygens (including phenoxy) is 2. The van der Waals surface area contributed by atoms with E-state index in [4.69, 9.17) is 9.47 Å². The Kier molecular flexibility index (Phi) is 7.55. The quantitative estimate of drug-likeness (QED) is 0.489. The van der Waals surface area contributed by atoms with Crippen molar-refractivity contribution in [2.24, 2.45) is 5.92 Å². The summed E-state index contributed by atoms with van der Waals surface area (Å²) < 4.78 is 9.69. The Balaban J connectivity index is 1.59. The molecule has 1 unspecified atom stereocenters. The maximum atomic E-state index is 12.7. The zero-order valence-electron chi connectivity index (χ0n) is 19.7. The molecule has 180 valence electrons. The van der Waals surface area contributed by atoms with Crippen LogP contribution in [0, 0.1) is 5.92 Å². The minimum atomic E-state index is -0.813. The number of nitrogens with one attached hydrogen (secondary N) is 2. The number of carbonyl (C=O) groups is 4. The van der Waals surface area contributed by atoms with Crippen molar-refractivity contribution in [2.75, 3.05) is 23.8 Å². The average Bonchev–Trinajstić information content (AvgIpc) is 3.17. The highest BCUT2D eigenvalue weighted by Gasteiger charge is 2.39. The largest absolute Gasteiger partial charge is 0.513 e. The monoisotopic (exact) mass is 467 g/mol. The van der Waals surface area contributed by atoms with Gasteiger partial charge in [0.1, 0.15) is 5.75 Å². The molecule has 2 aromatic rings. The second-order valence-corrected chi connectivity index (χ2v) is 8.91. The molecule has 1 heterocycles. The van der Waals surface area contributed by atoms with Crippen LogP contribution in [0.2, 0.25) is 0 Å². The molecule has 2 N–H and O–H groups in total. The van der Waals surface area contributed by atoms with Crippen LogP contribution < -0.4 is 15.4 Å². The molecule has 3 rings (SSSR count). The van der Waals surface area contributed by atoms with Crippen LogP contribution >= 0.6 is 0 Å². The number of hydrogen-bond donors (Lipinski definition) is 2. The third-order valence-electron chi connectivity index (χ3n) is 5.27. The maximum absolute atomic E-state index is 12.7. The van der Waals surface area contributed by atoms with Gasteiger partial charge in [-0.1, -0.05) is 6.07 Å². The number of benzene rings is 2. The molecule has 9 heteroatoms. The normalized spacial score (nSPS) is 15.6. The Morgan fingerprint density at radius 2 is 1.68 bits per heavy atom. The summed E-state index contributed by atoms with van der Waals surface area (Å²) in [6, 6.07) is 12.8. The summed E-state index contributed by atoms with van der Waals surface area (Å²) in [7, 11) is 0. The molecule has 0 saturated carbocycles. The van der Waals surface area contributed by atoms with Crippen LogP contribution in [0.3, 0.4) is 0 Å². The molecule has 0 radical (unpaired) electrons. The average molecular weight is 468 g/mol. The van der Waals surface area contributed by atoms with E-state index in [2.05, 4.69) is 10.6 Å². The van der Waals surface area contributed by atoms with Gasteiger partial charge in [0.15, 0.2) is 0 Å². The fourth-order valence-corrected chi connectivity index (χ4v) is 3.57. The van der Waals surface area contributed by atoms with Crippen molar-refractivity contribution in [3.63, 3.8) is 0 Å². The highest BCUT2D eigenvalue weighted by atomic mass is 16.7. The molecule has 0 bridgehead atoms. The molecule has 9 nitrogen and oxygen atoms in total. The summed E-state index contributed by atoms with van der Waals surface area (Å²) in [5.41, 5.74) is 1.04. The SMILES string of the molecule is CCOC(=O)Oc1ccc(C(=O)Nc2cccc(NC(=O)C3CC(=O)N(C(C)(C)C)C3)c2)cc1. The first-order chi connectivity index (χ1) is 16.1. The summed E-state index contributed by atoms with van der Waals surface area (Å²) in [5, 5.41) is 5.61. The maximum Gasteiger partial charge on any atom is 0.513 e. The van der Waals surface area contributed by atoms with Gasteiger partial charge in [-0.2, -0.15) is 0 Å². The number of hydrogen-bond acceptors (Lipinski definition) is 6. The molecule has 0 spiro atoms. The van der Waals surface area contributed by atoms with E-state index in [0.29, 0.717) is 23.5 Å². The van der Waals surface area contributed by atoms with Crippen molar-refractivity contribution >= 4 is 35.3 Å². The van der Waals surface area contributed by atoms with Crippen LogP contribution in [0.4, 0.5) is 16.2 Å². The van der Waals surface area contributed by atoms with Crippen LogP contribution in [0.25, 0.3) is 0 Å². The Hall–Kier alpha value is -3.88. The fourth-order valence-electron chi connectivity index (χ4n) is 3.57. The van der Waals surface area contributed by atoms with Crippen LogP contribution in [0.1, 0.15) is 44.5 Å². The van der Waals surface area contributed by atoms with E-state index >= 15 is 0 Å². The fraction of sp³-hybridized carbons (Fsp3) is 0.360. The van der Waals surface area contributed by atoms with E-state index in [-0.39, 0.29) is 42.0 Å². The van der Waals surface area contributed by atoms with Gasteiger partial charge in [0, 0.05) is 35.4 Å². The lowest BCUT2D eigenvalue weighted by atomic mass is 10.1. The van der Waals surface area contributed by atoms with Crippen molar-refractivity contribution in [2.45, 2.75) is 39.7 Å². The lowest BCUT2D eigenvalue weighted by Crippen LogP contribution is -2.42. The molecular weight excluding hydrogens is 438 g/mol. The van der Waals surface area contributed by atoms with Gasteiger partial charge < -0.3 is 25.0 Å². The highest BCUT2D eigenvalue weighted by Crippen LogP contribution is 2.27. The first-order valence-corrected chi connectivity index (χ1v) is 11.0. The molecule has 1 aliphatic heterocycles. The zero-order valence-corrected chi connectivity index (χ0v) is 19.7. The van der Waals surface area contributed by atoms with Crippen molar-refractivity contribution in [3.05, 3.63) is 54.1 Å². The third kappa shape index (κ3) is 6.34. The third-order valence-corrected chi connectivity index (χ3v) is 5.27. The van der Waals surface area contributed by atoms with Gasteiger partial charge in [-0.15, -0.1) is 0 Å². The summed E-state index contributed by atoms with van der Waals surface area (Å²) in [6.45, 7) is 8.08. The van der Waals surface area contributed by atoms with Crippen LogP contribution in [-0.4, -0.2) is 47.5 Å². The molecule has 3 amide bonds. The molecule has 1 aliphatic rings. The van der Waals surface area contributed by atoms with Gasteiger partial charge in [-0.05, 0) is 70.2 Å². The summed E-state index contributed by atoms with van der Waals surface area (Å²) in [4.78, 5) is 50.7. The van der Waals surface area contributed by atoms with Crippen molar-refractivity contribution < 1.29 is 28.7 Å². The van der Waals surface area contributed by atoms with Crippen LogP contribution in [-0.2, 0) is 14.3 Å². The van der Waals surface area contributed by atoms with Crippen molar-refractivity contribution in [1.82, 2.24) is 4.90 Å². The molecule has 0 aliphatic carbocycles. The summed E-state index contributed by atoms with van der Waals surface area (Å²) in [5.74, 6) is -0.808. The predicted molar refractivity (Wildman–Crippen MR) is 127 cm³/mol. The number of carbonyl (C=O) groups excluding carboxylic acids is 4. The molecule has 34 heavy (non-hydrogen) atoms. The van der Waals surface area contributed by atoms with Gasteiger partial charge in [-0.3, -0.25) is 14.4 Å². The predicted octanol–water partition coefficient (Wildman–Crippen LogP) is 4.06. The van der Waals surface area contributed by atoms with Crippen LogP contribution in [0.5, 0.6) is 5.75 Å². The number of nitrogens with zero attached hydrogens (tertiary/aromatic N) is 1. The Morgan fingerprint density at radius 3 is 2.26 bits per heavy atom. The van der Waals surface area contributed by atoms with Crippen LogP contribution in [0.15, 0.2) is 48.5 Å². The first-order valence-electron chi connectivity index (χ1n) is 11.0. The lowest BCUT2D eigenvalue weighted by Gasteiger charge is -2.31. The van der Waals surface area contributed by atoms with E-state index < -0.39 is 12.1 Å². The van der Waals surface area contributed by atoms with Gasteiger partial charge in [0.25, 0.3) is 5.91 Å². The number of likely N-dealkylation sites (tertiary alicyclic amines) is 1. The summed E-state index contributed by atoms with van der Waals surface area (Å²) >= 11 is 0. The van der Waals surface area contributed by atoms with Crippen molar-refractivity contribution in [1.29, 1.82) is 0 Å². The zero-order chi connectivity index (χ0) is 24.9. The van der Waals surface area contributed by atoms with E-state index in [0.717, 1.165) is 0 Å². The van der Waals surface area contributed by atoms with E-state index in [1.165, 1.54) is 24.3 Å². The molecule has 2 aromatic carbocycles. The molecular formula is C25H29N3O6. The number of amides is 3. The topological polar surface area (TPSA) is 114 Å². The molecule has 1 atom stereocenters. The van der Waals surface area contributed by atoms with Gasteiger partial charge in [0.05, 0.1) is 12.5 Å². The van der Waals surface area contributed by atoms with Crippen molar-refractivity contribution in [3.8, 4) is 5.75 Å². The van der Waals surface area contributed by atoms with Gasteiger partial charge >= 0.3 is 6.16 Å².